The zero-order chi connectivity index (χ0) is 15.3. The van der Waals surface area contributed by atoms with Crippen LogP contribution in [0.1, 0.15) is 23.0 Å². The van der Waals surface area contributed by atoms with Crippen molar-refractivity contribution >= 4 is 27.4 Å². The van der Waals surface area contributed by atoms with Crippen molar-refractivity contribution in [1.82, 2.24) is 19.7 Å². The number of fused-ring (bicyclic) bond motifs is 2. The van der Waals surface area contributed by atoms with Crippen molar-refractivity contribution in [3.8, 4) is 0 Å². The number of aromatic nitrogens is 3. The molecule has 0 saturated heterocycles. The molecule has 1 aliphatic heterocycles. The van der Waals surface area contributed by atoms with Gasteiger partial charge in [0.05, 0.1) is 5.69 Å². The van der Waals surface area contributed by atoms with Gasteiger partial charge in [0, 0.05) is 40.7 Å². The summed E-state index contributed by atoms with van der Waals surface area (Å²) in [7, 11) is 0. The van der Waals surface area contributed by atoms with Gasteiger partial charge in [0.2, 0.25) is 0 Å². The summed E-state index contributed by atoms with van der Waals surface area (Å²) in [6, 6.07) is 3.53. The van der Waals surface area contributed by atoms with Gasteiger partial charge in [-0.15, -0.1) is 0 Å². The van der Waals surface area contributed by atoms with E-state index in [9.17, 15) is 4.39 Å². The van der Waals surface area contributed by atoms with Crippen molar-refractivity contribution in [1.29, 1.82) is 0 Å². The van der Waals surface area contributed by atoms with Crippen LogP contribution >= 0.6 is 15.9 Å². The molecule has 22 heavy (non-hydrogen) atoms. The largest absolute Gasteiger partial charge is 0.350 e. The van der Waals surface area contributed by atoms with E-state index >= 15 is 0 Å². The van der Waals surface area contributed by atoms with Crippen molar-refractivity contribution in [3.05, 3.63) is 57.8 Å². The first-order valence-electron chi connectivity index (χ1n) is 6.89. The summed E-state index contributed by atoms with van der Waals surface area (Å²) in [6.07, 6.45) is 5.25. The van der Waals surface area contributed by atoms with E-state index in [0.29, 0.717) is 12.2 Å². The van der Waals surface area contributed by atoms with Gasteiger partial charge in [0.25, 0.3) is 0 Å². The molecule has 0 radical (unpaired) electrons. The Morgan fingerprint density at radius 1 is 1.36 bits per heavy atom. The molecule has 3 aromatic heterocycles. The predicted molar refractivity (Wildman–Crippen MR) is 85.0 cm³/mol. The van der Waals surface area contributed by atoms with Crippen molar-refractivity contribution in [2.75, 3.05) is 5.32 Å². The topological polar surface area (TPSA) is 54.2 Å². The number of pyridine rings is 2. The molecule has 0 saturated carbocycles. The summed E-state index contributed by atoms with van der Waals surface area (Å²) in [5, 5.41) is 6.64. The highest BCUT2D eigenvalue weighted by molar-refractivity contribution is 9.10. The van der Waals surface area contributed by atoms with Gasteiger partial charge >= 0.3 is 0 Å². The summed E-state index contributed by atoms with van der Waals surface area (Å²) in [6.45, 7) is 2.52. The fourth-order valence-electron chi connectivity index (χ4n) is 2.70. The molecule has 3 aromatic rings. The van der Waals surface area contributed by atoms with Crippen LogP contribution in [0, 0.1) is 12.7 Å². The van der Waals surface area contributed by atoms with Crippen molar-refractivity contribution in [2.45, 2.75) is 19.6 Å². The molecular formula is C15H13BrFN5. The molecule has 0 fully saturated rings. The Bertz CT molecular complexity index is 876. The molecular weight excluding hydrogens is 349 g/mol. The van der Waals surface area contributed by atoms with Crippen LogP contribution in [-0.4, -0.2) is 14.4 Å². The highest BCUT2D eigenvalue weighted by Gasteiger charge is 2.21. The van der Waals surface area contributed by atoms with Crippen LogP contribution in [0.5, 0.6) is 0 Å². The number of rotatable bonds is 1. The average molecular weight is 362 g/mol. The summed E-state index contributed by atoms with van der Waals surface area (Å²) in [5.41, 5.74) is 3.01. The number of hydrogen-bond acceptors (Lipinski definition) is 4. The SMILES string of the molecule is Cc1cn2cc(C3NCc4cc(Br)cnc4N3)cc(F)c2n1. The molecule has 1 unspecified atom stereocenters. The third-order valence-electron chi connectivity index (χ3n) is 3.69. The van der Waals surface area contributed by atoms with Gasteiger partial charge < -0.3 is 9.72 Å². The third kappa shape index (κ3) is 2.26. The molecule has 5 nitrogen and oxygen atoms in total. The van der Waals surface area contributed by atoms with Gasteiger partial charge in [-0.3, -0.25) is 5.32 Å². The molecule has 2 N–H and O–H groups in total. The molecule has 4 heterocycles. The molecule has 1 aliphatic rings. The van der Waals surface area contributed by atoms with E-state index in [1.54, 1.807) is 10.6 Å². The molecule has 0 aliphatic carbocycles. The van der Waals surface area contributed by atoms with E-state index in [0.717, 1.165) is 27.1 Å². The number of imidazole rings is 1. The molecule has 0 spiro atoms. The number of halogens is 2. The Morgan fingerprint density at radius 2 is 2.23 bits per heavy atom. The Labute approximate surface area is 134 Å². The Morgan fingerprint density at radius 3 is 3.09 bits per heavy atom. The quantitative estimate of drug-likeness (QED) is 0.698. The lowest BCUT2D eigenvalue weighted by atomic mass is 10.1. The second-order valence-corrected chi connectivity index (χ2v) is 6.27. The van der Waals surface area contributed by atoms with Crippen molar-refractivity contribution in [2.24, 2.45) is 0 Å². The average Bonchev–Trinajstić information content (AvgIpc) is 2.87. The first-order chi connectivity index (χ1) is 10.6. The fourth-order valence-corrected chi connectivity index (χ4v) is 3.08. The molecule has 0 amide bonds. The van der Waals surface area contributed by atoms with Gasteiger partial charge in [-0.1, -0.05) is 0 Å². The normalized spacial score (nSPS) is 17.3. The standard InChI is InChI=1S/C15H13BrFN5/c1-8-6-22-7-10(3-12(17)15(22)20-8)14-18-4-9-2-11(16)5-19-13(9)21-14/h2-3,5-7,14,18H,4H2,1H3,(H,19,21). The lowest BCUT2D eigenvalue weighted by Crippen LogP contribution is -2.33. The summed E-state index contributed by atoms with van der Waals surface area (Å²) in [5.74, 6) is 0.484. The first kappa shape index (κ1) is 13.7. The smallest absolute Gasteiger partial charge is 0.173 e. The Balaban J connectivity index is 1.72. The van der Waals surface area contributed by atoms with Gasteiger partial charge in [-0.05, 0) is 35.0 Å². The van der Waals surface area contributed by atoms with Crippen LogP contribution < -0.4 is 10.6 Å². The molecule has 0 aromatic carbocycles. The second kappa shape index (κ2) is 5.03. The van der Waals surface area contributed by atoms with E-state index in [-0.39, 0.29) is 12.0 Å². The second-order valence-electron chi connectivity index (χ2n) is 5.35. The molecule has 7 heteroatoms. The summed E-state index contributed by atoms with van der Waals surface area (Å²) in [4.78, 5) is 8.55. The lowest BCUT2D eigenvalue weighted by molar-refractivity contribution is 0.551. The highest BCUT2D eigenvalue weighted by atomic mass is 79.9. The number of aryl methyl sites for hydroxylation is 1. The maximum Gasteiger partial charge on any atom is 0.173 e. The van der Waals surface area contributed by atoms with Crippen LogP contribution in [0.15, 0.2) is 35.2 Å². The van der Waals surface area contributed by atoms with Crippen LogP contribution in [0.4, 0.5) is 10.2 Å². The monoisotopic (exact) mass is 361 g/mol. The van der Waals surface area contributed by atoms with Gasteiger partial charge in [-0.25, -0.2) is 14.4 Å². The maximum absolute atomic E-state index is 14.2. The fraction of sp³-hybridized carbons (Fsp3) is 0.200. The van der Waals surface area contributed by atoms with Gasteiger partial charge in [0.15, 0.2) is 11.5 Å². The predicted octanol–water partition coefficient (Wildman–Crippen LogP) is 3.15. The minimum Gasteiger partial charge on any atom is -0.350 e. The maximum atomic E-state index is 14.2. The van der Waals surface area contributed by atoms with Gasteiger partial charge in [-0.2, -0.15) is 0 Å². The van der Waals surface area contributed by atoms with E-state index in [1.165, 1.54) is 6.07 Å². The highest BCUT2D eigenvalue weighted by Crippen LogP contribution is 2.27. The van der Waals surface area contributed by atoms with Crippen LogP contribution in [0.25, 0.3) is 5.65 Å². The van der Waals surface area contributed by atoms with E-state index in [2.05, 4.69) is 36.5 Å². The van der Waals surface area contributed by atoms with E-state index in [4.69, 9.17) is 0 Å². The van der Waals surface area contributed by atoms with Crippen LogP contribution in [0.3, 0.4) is 0 Å². The number of hydrogen-bond donors (Lipinski definition) is 2. The van der Waals surface area contributed by atoms with Crippen molar-refractivity contribution in [3.63, 3.8) is 0 Å². The van der Waals surface area contributed by atoms with Crippen LogP contribution in [0.2, 0.25) is 0 Å². The third-order valence-corrected chi connectivity index (χ3v) is 4.13. The lowest BCUT2D eigenvalue weighted by Gasteiger charge is -2.28. The number of nitrogens with one attached hydrogen (secondary N) is 2. The van der Waals surface area contributed by atoms with Gasteiger partial charge in [0.1, 0.15) is 12.0 Å². The summed E-state index contributed by atoms with van der Waals surface area (Å²) >= 11 is 3.41. The minimum absolute atomic E-state index is 0.192. The van der Waals surface area contributed by atoms with Crippen molar-refractivity contribution < 1.29 is 4.39 Å². The molecule has 0 bridgehead atoms. The minimum atomic E-state index is -0.330. The molecule has 1 atom stereocenters. The molecule has 4 rings (SSSR count). The Hall–Kier alpha value is -1.99. The summed E-state index contributed by atoms with van der Waals surface area (Å²) < 4.78 is 16.9. The number of nitrogens with zero attached hydrogens (tertiary/aromatic N) is 3. The van der Waals surface area contributed by atoms with E-state index in [1.807, 2.05) is 25.4 Å². The van der Waals surface area contributed by atoms with E-state index < -0.39 is 0 Å². The Kier molecular flexibility index (Phi) is 3.12. The zero-order valence-corrected chi connectivity index (χ0v) is 13.4. The van der Waals surface area contributed by atoms with Crippen LogP contribution in [-0.2, 0) is 6.54 Å². The zero-order valence-electron chi connectivity index (χ0n) is 11.8. The number of anilines is 1. The first-order valence-corrected chi connectivity index (χ1v) is 7.68. The molecule has 112 valence electrons.